The van der Waals surface area contributed by atoms with E-state index in [0.29, 0.717) is 38.4 Å². The summed E-state index contributed by atoms with van der Waals surface area (Å²) < 4.78 is 52.1. The molecule has 0 amide bonds. The molecule has 0 radical (unpaired) electrons. The summed E-state index contributed by atoms with van der Waals surface area (Å²) >= 11 is 0. The van der Waals surface area contributed by atoms with Crippen LogP contribution in [0.1, 0.15) is 32.1 Å². The molecule has 2 aromatic carbocycles. The van der Waals surface area contributed by atoms with Gasteiger partial charge in [0.1, 0.15) is 30.7 Å². The number of benzene rings is 2. The van der Waals surface area contributed by atoms with Gasteiger partial charge in [0.15, 0.2) is 23.0 Å². The molecule has 274 valence electrons. The fourth-order valence-electron chi connectivity index (χ4n) is 7.61. The lowest BCUT2D eigenvalue weighted by atomic mass is 9.94. The lowest BCUT2D eigenvalue weighted by molar-refractivity contribution is 0.171. The Bertz CT molecular complexity index is 2220. The topological polar surface area (TPSA) is 78.0 Å². The van der Waals surface area contributed by atoms with Crippen LogP contribution in [0.4, 0.5) is 20.2 Å². The molecule has 0 N–H and O–H groups in total. The summed E-state index contributed by atoms with van der Waals surface area (Å²) in [6.45, 7) is 4.71. The summed E-state index contributed by atoms with van der Waals surface area (Å²) in [7, 11) is 0. The molecule has 0 aliphatic carbocycles. The number of fused-ring (bicyclic) bond motifs is 4. The number of imidazole rings is 2. The zero-order valence-corrected chi connectivity index (χ0v) is 29.5. The van der Waals surface area contributed by atoms with Crippen molar-refractivity contribution in [3.8, 4) is 45.5 Å². The summed E-state index contributed by atoms with van der Waals surface area (Å²) in [4.78, 5) is 14.2. The van der Waals surface area contributed by atoms with E-state index in [0.717, 1.165) is 102 Å². The number of aromatic nitrogens is 4. The number of ether oxygens (including phenoxy) is 4. The molecule has 2 fully saturated rings. The van der Waals surface area contributed by atoms with Gasteiger partial charge in [-0.25, -0.2) is 14.4 Å². The number of halogens is 2. The van der Waals surface area contributed by atoms with Crippen LogP contribution in [0, 0.1) is 5.92 Å². The van der Waals surface area contributed by atoms with E-state index >= 15 is 0 Å². The van der Waals surface area contributed by atoms with Gasteiger partial charge in [0.05, 0.1) is 18.1 Å². The van der Waals surface area contributed by atoms with Crippen molar-refractivity contribution in [2.45, 2.75) is 38.3 Å². The normalized spacial score (nSPS) is 17.3. The third-order valence-corrected chi connectivity index (χ3v) is 10.7. The van der Waals surface area contributed by atoms with Gasteiger partial charge < -0.3 is 37.5 Å². The van der Waals surface area contributed by atoms with E-state index in [9.17, 15) is 8.78 Å². The van der Waals surface area contributed by atoms with Crippen molar-refractivity contribution in [2.75, 3.05) is 62.7 Å². The molecule has 6 aromatic rings. The second-order valence-electron chi connectivity index (χ2n) is 14.0. The van der Waals surface area contributed by atoms with E-state index in [1.165, 1.54) is 5.69 Å². The summed E-state index contributed by atoms with van der Waals surface area (Å²) in [5.74, 6) is 3.61. The first kappa shape index (κ1) is 33.3. The van der Waals surface area contributed by atoms with Gasteiger partial charge >= 0.3 is 0 Å². The van der Waals surface area contributed by atoms with Crippen molar-refractivity contribution in [1.82, 2.24) is 18.8 Å². The van der Waals surface area contributed by atoms with Crippen LogP contribution in [0.25, 0.3) is 33.8 Å². The van der Waals surface area contributed by atoms with Gasteiger partial charge in [-0.15, -0.1) is 0 Å². The molecule has 0 spiro atoms. The molecule has 10 nitrogen and oxygen atoms in total. The second kappa shape index (κ2) is 14.5. The molecule has 12 heteroatoms. The minimum atomic E-state index is -0.663. The maximum absolute atomic E-state index is 13.3. The monoisotopic (exact) mass is 720 g/mol. The lowest BCUT2D eigenvalue weighted by Crippen LogP contribution is -2.34. The number of nitrogens with zero attached hydrogens (tertiary/aromatic N) is 6. The maximum atomic E-state index is 13.3. The van der Waals surface area contributed by atoms with E-state index in [1.54, 1.807) is 0 Å². The highest BCUT2D eigenvalue weighted by atomic mass is 19.1. The zero-order chi connectivity index (χ0) is 35.7. The zero-order valence-electron chi connectivity index (χ0n) is 29.5. The molecule has 0 unspecified atom stereocenters. The average Bonchev–Trinajstić information content (AvgIpc) is 3.96. The van der Waals surface area contributed by atoms with E-state index in [2.05, 4.69) is 40.3 Å². The first-order valence-corrected chi connectivity index (χ1v) is 18.5. The largest absolute Gasteiger partial charge is 0.486 e. The molecular formula is C41H42F2N6O4. The van der Waals surface area contributed by atoms with Gasteiger partial charge in [-0.3, -0.25) is 4.39 Å². The third kappa shape index (κ3) is 7.02. The predicted molar refractivity (Wildman–Crippen MR) is 200 cm³/mol. The number of hydrogen-bond donors (Lipinski definition) is 0. The number of pyridine rings is 2. The highest BCUT2D eigenvalue weighted by Gasteiger charge is 2.22. The highest BCUT2D eigenvalue weighted by Crippen LogP contribution is 2.37. The Morgan fingerprint density at radius 3 is 1.70 bits per heavy atom. The highest BCUT2D eigenvalue weighted by molar-refractivity contribution is 5.69. The smallest absolute Gasteiger partial charge is 0.231 e. The molecule has 0 saturated carbocycles. The van der Waals surface area contributed by atoms with Crippen molar-refractivity contribution in [3.63, 3.8) is 0 Å². The summed E-state index contributed by atoms with van der Waals surface area (Å²) in [5.41, 5.74) is 7.90. The first-order valence-electron chi connectivity index (χ1n) is 18.5. The molecule has 10 rings (SSSR count). The Labute approximate surface area is 306 Å². The molecule has 8 heterocycles. The Morgan fingerprint density at radius 2 is 1.11 bits per heavy atom. The van der Waals surface area contributed by atoms with Crippen molar-refractivity contribution in [1.29, 1.82) is 0 Å². The molecule has 53 heavy (non-hydrogen) atoms. The molecule has 4 aromatic heterocycles. The van der Waals surface area contributed by atoms with Gasteiger partial charge in [0.2, 0.25) is 6.79 Å². The number of hydrogen-bond acceptors (Lipinski definition) is 8. The van der Waals surface area contributed by atoms with Crippen LogP contribution in [-0.2, 0) is 0 Å². The fourth-order valence-corrected chi connectivity index (χ4v) is 7.61. The molecule has 4 aliphatic rings. The van der Waals surface area contributed by atoms with Gasteiger partial charge in [-0.2, -0.15) is 0 Å². The van der Waals surface area contributed by atoms with Crippen molar-refractivity contribution >= 4 is 22.7 Å². The third-order valence-electron chi connectivity index (χ3n) is 10.7. The van der Waals surface area contributed by atoms with E-state index < -0.39 is 6.17 Å². The molecule has 0 atom stereocenters. The number of alkyl halides is 2. The average molecular weight is 721 g/mol. The minimum Gasteiger partial charge on any atom is -0.486 e. The van der Waals surface area contributed by atoms with Gasteiger partial charge in [-0.1, -0.05) is 0 Å². The second-order valence-corrected chi connectivity index (χ2v) is 14.0. The van der Waals surface area contributed by atoms with E-state index in [4.69, 9.17) is 28.9 Å². The Kier molecular flexibility index (Phi) is 9.11. The first-order chi connectivity index (χ1) is 26.1. The Hall–Kier alpha value is -5.52. The van der Waals surface area contributed by atoms with Crippen LogP contribution < -0.4 is 28.7 Å². The van der Waals surface area contributed by atoms with E-state index in [1.807, 2.05) is 63.8 Å². The van der Waals surface area contributed by atoms with Crippen molar-refractivity contribution in [3.05, 3.63) is 85.5 Å². The summed E-state index contributed by atoms with van der Waals surface area (Å²) in [6, 6.07) is 20.2. The predicted octanol–water partition coefficient (Wildman–Crippen LogP) is 8.02. The molecule has 0 bridgehead atoms. The maximum Gasteiger partial charge on any atom is 0.231 e. The van der Waals surface area contributed by atoms with Crippen molar-refractivity contribution in [2.24, 2.45) is 5.92 Å². The van der Waals surface area contributed by atoms with Crippen LogP contribution in [0.2, 0.25) is 0 Å². The van der Waals surface area contributed by atoms with Crippen LogP contribution >= 0.6 is 0 Å². The van der Waals surface area contributed by atoms with Gasteiger partial charge in [0, 0.05) is 85.6 Å². The quantitative estimate of drug-likeness (QED) is 0.171. The Morgan fingerprint density at radius 1 is 0.604 bits per heavy atom. The SMILES string of the molecule is FC1CCN(c2ccn3cc(-c4ccc5c(c4)OCO5)nc3c2)CC1.FCCC1CCN(c2ccn3cc(-c4ccc5c(c4)OCCO5)nc3c2)CC1. The van der Waals surface area contributed by atoms with Gasteiger partial charge in [0.25, 0.3) is 0 Å². The molecule has 4 aliphatic heterocycles. The number of rotatable bonds is 6. The van der Waals surface area contributed by atoms with Crippen LogP contribution in [-0.4, -0.2) is 77.8 Å². The fraction of sp³-hybridized carbons (Fsp3) is 0.366. The standard InChI is InChI=1S/C22H24FN3O2.C19H18FN3O2/c23-7-3-16-4-8-25(9-5-16)18-6-10-26-15-19(24-22(26)14-18)17-1-2-20-21(13-17)28-12-11-27-20;20-14-3-6-22(7-4-14)15-5-8-23-11-16(21-19(23)10-15)13-1-2-17-18(9-13)25-12-24-17/h1-2,6,10,13-16H,3-5,7-9,11-12H2;1-2,5,8-11,14H,3-4,6-7,12H2. The lowest BCUT2D eigenvalue weighted by Gasteiger charge is -2.33. The van der Waals surface area contributed by atoms with Crippen LogP contribution in [0.3, 0.4) is 0 Å². The molecule has 2 saturated heterocycles. The van der Waals surface area contributed by atoms with Crippen LogP contribution in [0.5, 0.6) is 23.0 Å². The number of piperidine rings is 2. The summed E-state index contributed by atoms with van der Waals surface area (Å²) in [6.07, 6.45) is 11.5. The minimum absolute atomic E-state index is 0.201. The molecular weight excluding hydrogens is 678 g/mol. The van der Waals surface area contributed by atoms with Crippen molar-refractivity contribution < 1.29 is 27.7 Å². The summed E-state index contributed by atoms with van der Waals surface area (Å²) in [5, 5.41) is 0. The van der Waals surface area contributed by atoms with Gasteiger partial charge in [-0.05, 0) is 86.6 Å². The van der Waals surface area contributed by atoms with Crippen LogP contribution in [0.15, 0.2) is 85.5 Å². The van der Waals surface area contributed by atoms with E-state index in [-0.39, 0.29) is 13.5 Å². The Balaban J connectivity index is 0.000000141. The number of anilines is 2.